The fourth-order valence-corrected chi connectivity index (χ4v) is 13.7. The highest BCUT2D eigenvalue weighted by Gasteiger charge is 2.30. The molecule has 6 atom stereocenters. The van der Waals surface area contributed by atoms with Crippen LogP contribution >= 0.6 is 15.6 Å². The van der Waals surface area contributed by atoms with Crippen LogP contribution in [0.4, 0.5) is 0 Å². The highest BCUT2D eigenvalue weighted by Crippen LogP contribution is 2.45. The Morgan fingerprint density at radius 3 is 0.776 bits per heavy atom. The Kier molecular flexibility index (Phi) is 69.3. The van der Waals surface area contributed by atoms with Gasteiger partial charge in [0.2, 0.25) is 0 Å². The zero-order valence-electron chi connectivity index (χ0n) is 64.1. The normalized spacial score (nSPS) is 14.2. The van der Waals surface area contributed by atoms with Crippen molar-refractivity contribution >= 4 is 39.5 Å². The molecule has 0 aliphatic heterocycles. The van der Waals surface area contributed by atoms with Gasteiger partial charge in [-0.15, -0.1) is 0 Å². The predicted molar refractivity (Wildman–Crippen MR) is 400 cm³/mol. The fourth-order valence-electron chi connectivity index (χ4n) is 12.2. The summed E-state index contributed by atoms with van der Waals surface area (Å²) in [6, 6.07) is 0. The van der Waals surface area contributed by atoms with Crippen molar-refractivity contribution in [3.8, 4) is 0 Å². The number of hydrogen-bond acceptors (Lipinski definition) is 15. The number of aliphatic hydroxyl groups excluding tert-OH is 1. The lowest BCUT2D eigenvalue weighted by Crippen LogP contribution is -2.30. The highest BCUT2D eigenvalue weighted by atomic mass is 31.2. The standard InChI is InChI=1S/C79H154O17P2/c1-7-10-12-14-16-18-19-20-21-22-23-24-25-26-29-33-39-45-51-57-63-78(83)96-75(68-90-77(82)62-56-50-44-38-32-30-27-28-31-36-41-47-53-59-71(4)5)70-94-98(87,88)92-66-73(80)65-91-97(85,86)93-69-74(67-89-76(81)61-55-49-43-17-15-13-11-8-2)95-79(84)64-58-52-46-40-35-34-37-42-48-54-60-72(6)9-3/h71-75,80H,7-70H2,1-6H3,(H,85,86)(H,87,88)/t72?,73-,74+,75+/m0/s1. The van der Waals surface area contributed by atoms with Crippen molar-refractivity contribution in [2.75, 3.05) is 39.6 Å². The summed E-state index contributed by atoms with van der Waals surface area (Å²) in [7, 11) is -9.91. The maximum atomic E-state index is 13.1. The van der Waals surface area contributed by atoms with E-state index in [1.54, 1.807) is 0 Å². The quantitative estimate of drug-likeness (QED) is 0.0222. The lowest BCUT2D eigenvalue weighted by Gasteiger charge is -2.21. The molecule has 3 unspecified atom stereocenters. The van der Waals surface area contributed by atoms with E-state index < -0.39 is 97.5 Å². The van der Waals surface area contributed by atoms with Crippen molar-refractivity contribution in [3.05, 3.63) is 0 Å². The molecule has 0 saturated heterocycles. The molecule has 0 heterocycles. The summed E-state index contributed by atoms with van der Waals surface area (Å²) in [5.41, 5.74) is 0. The SMILES string of the molecule is CCCCCCCCCCCCCCCCCCCCCCC(=O)O[C@H](COC(=O)CCCCCCCCCCCCCCCC(C)C)COP(=O)(O)OC[C@@H](O)COP(=O)(O)OC[C@@H](COC(=O)CCCCCCCCCC)OC(=O)CCCCCCCCCCCCC(C)CC. The maximum absolute atomic E-state index is 13.1. The molecular weight excluding hydrogens is 1280 g/mol. The van der Waals surface area contributed by atoms with E-state index >= 15 is 0 Å². The van der Waals surface area contributed by atoms with E-state index in [0.717, 1.165) is 108 Å². The number of hydrogen-bond donors (Lipinski definition) is 3. The molecular formula is C79H154O17P2. The monoisotopic (exact) mass is 1440 g/mol. The highest BCUT2D eigenvalue weighted by molar-refractivity contribution is 7.47. The van der Waals surface area contributed by atoms with Gasteiger partial charge in [-0.2, -0.15) is 0 Å². The smallest absolute Gasteiger partial charge is 0.462 e. The number of aliphatic hydroxyl groups is 1. The third-order valence-corrected chi connectivity index (χ3v) is 20.7. The molecule has 0 rings (SSSR count). The van der Waals surface area contributed by atoms with Crippen molar-refractivity contribution in [2.45, 2.75) is 432 Å². The number of carbonyl (C=O) groups is 4. The molecule has 0 aliphatic carbocycles. The first kappa shape index (κ1) is 96.1. The van der Waals surface area contributed by atoms with Crippen molar-refractivity contribution < 1.29 is 80.2 Å². The van der Waals surface area contributed by atoms with Crippen LogP contribution in [-0.2, 0) is 65.4 Å². The Morgan fingerprint density at radius 1 is 0.296 bits per heavy atom. The number of phosphoric ester groups is 2. The Labute approximate surface area is 600 Å². The van der Waals surface area contributed by atoms with Crippen molar-refractivity contribution in [3.63, 3.8) is 0 Å². The van der Waals surface area contributed by atoms with Crippen LogP contribution in [0.1, 0.15) is 414 Å². The average molecular weight is 1440 g/mol. The fraction of sp³-hybridized carbons (Fsp3) is 0.949. The molecule has 0 aromatic heterocycles. The van der Waals surface area contributed by atoms with Crippen LogP contribution in [0.5, 0.6) is 0 Å². The number of unbranched alkanes of at least 4 members (excludes halogenated alkanes) is 47. The summed E-state index contributed by atoms with van der Waals surface area (Å²) >= 11 is 0. The largest absolute Gasteiger partial charge is 0.472 e. The van der Waals surface area contributed by atoms with Gasteiger partial charge in [-0.3, -0.25) is 37.3 Å². The summed E-state index contributed by atoms with van der Waals surface area (Å²) < 4.78 is 68.6. The van der Waals surface area contributed by atoms with Gasteiger partial charge in [0.1, 0.15) is 19.3 Å². The number of rotatable bonds is 78. The molecule has 0 aromatic carbocycles. The summed E-state index contributed by atoms with van der Waals surface area (Å²) in [5, 5.41) is 10.6. The number of carbonyl (C=O) groups excluding carboxylic acids is 4. The Bertz CT molecular complexity index is 1890. The van der Waals surface area contributed by atoms with Gasteiger partial charge in [0, 0.05) is 25.7 Å². The first-order valence-electron chi connectivity index (χ1n) is 41.0. The molecule has 0 bridgehead atoms. The summed E-state index contributed by atoms with van der Waals surface area (Å²) in [6.07, 6.45) is 59.7. The lowest BCUT2D eigenvalue weighted by atomic mass is 9.99. The van der Waals surface area contributed by atoms with Crippen LogP contribution in [0.15, 0.2) is 0 Å². The van der Waals surface area contributed by atoms with Gasteiger partial charge in [0.15, 0.2) is 12.2 Å². The summed E-state index contributed by atoms with van der Waals surface area (Å²) in [6.45, 7) is 9.63. The van der Waals surface area contributed by atoms with Crippen molar-refractivity contribution in [2.24, 2.45) is 11.8 Å². The summed E-state index contributed by atoms with van der Waals surface area (Å²) in [4.78, 5) is 72.9. The third kappa shape index (κ3) is 71.1. The third-order valence-electron chi connectivity index (χ3n) is 18.8. The van der Waals surface area contributed by atoms with Gasteiger partial charge in [0.25, 0.3) is 0 Å². The van der Waals surface area contributed by atoms with E-state index in [-0.39, 0.29) is 25.7 Å². The van der Waals surface area contributed by atoms with E-state index in [1.165, 1.54) is 225 Å². The average Bonchev–Trinajstić information content (AvgIpc) is 1.05. The van der Waals surface area contributed by atoms with Gasteiger partial charge in [0.05, 0.1) is 26.4 Å². The molecule has 19 heteroatoms. The van der Waals surface area contributed by atoms with Crippen LogP contribution in [0, 0.1) is 11.8 Å². The van der Waals surface area contributed by atoms with Gasteiger partial charge in [-0.25, -0.2) is 9.13 Å². The molecule has 17 nitrogen and oxygen atoms in total. The molecule has 0 amide bonds. The first-order valence-corrected chi connectivity index (χ1v) is 44.0. The lowest BCUT2D eigenvalue weighted by molar-refractivity contribution is -0.161. The minimum Gasteiger partial charge on any atom is -0.462 e. The molecule has 3 N–H and O–H groups in total. The van der Waals surface area contributed by atoms with E-state index in [2.05, 4.69) is 41.5 Å². The molecule has 582 valence electrons. The van der Waals surface area contributed by atoms with Gasteiger partial charge < -0.3 is 33.8 Å². The zero-order chi connectivity index (χ0) is 72.1. The molecule has 0 aliphatic rings. The Balaban J connectivity index is 5.20. The predicted octanol–water partition coefficient (Wildman–Crippen LogP) is 23.5. The van der Waals surface area contributed by atoms with E-state index in [1.807, 2.05) is 0 Å². The second kappa shape index (κ2) is 70.7. The van der Waals surface area contributed by atoms with Crippen LogP contribution in [0.25, 0.3) is 0 Å². The molecule has 0 fully saturated rings. The summed E-state index contributed by atoms with van der Waals surface area (Å²) in [5.74, 6) is -0.520. The van der Waals surface area contributed by atoms with E-state index in [4.69, 9.17) is 37.0 Å². The molecule has 0 saturated carbocycles. The van der Waals surface area contributed by atoms with Crippen LogP contribution < -0.4 is 0 Å². The minimum absolute atomic E-state index is 0.106. The molecule has 0 radical (unpaired) electrons. The van der Waals surface area contributed by atoms with Crippen LogP contribution in [0.2, 0.25) is 0 Å². The van der Waals surface area contributed by atoms with Gasteiger partial charge in [-0.05, 0) is 37.5 Å². The van der Waals surface area contributed by atoms with Gasteiger partial charge >= 0.3 is 39.5 Å². The van der Waals surface area contributed by atoms with E-state index in [0.29, 0.717) is 25.7 Å². The first-order chi connectivity index (χ1) is 47.4. The second-order valence-corrected chi connectivity index (χ2v) is 32.1. The molecule has 98 heavy (non-hydrogen) atoms. The van der Waals surface area contributed by atoms with Crippen LogP contribution in [-0.4, -0.2) is 96.7 Å². The Morgan fingerprint density at radius 2 is 0.520 bits per heavy atom. The Hall–Kier alpha value is -1.94. The van der Waals surface area contributed by atoms with Crippen molar-refractivity contribution in [1.29, 1.82) is 0 Å². The van der Waals surface area contributed by atoms with E-state index in [9.17, 15) is 43.2 Å². The number of phosphoric acid groups is 2. The minimum atomic E-state index is -4.96. The molecule has 0 spiro atoms. The van der Waals surface area contributed by atoms with Crippen LogP contribution in [0.3, 0.4) is 0 Å². The van der Waals surface area contributed by atoms with Gasteiger partial charge in [-0.1, -0.05) is 363 Å². The topological polar surface area (TPSA) is 237 Å². The maximum Gasteiger partial charge on any atom is 0.472 e. The number of ether oxygens (including phenoxy) is 4. The second-order valence-electron chi connectivity index (χ2n) is 29.2. The molecule has 0 aromatic rings. The zero-order valence-corrected chi connectivity index (χ0v) is 65.9. The van der Waals surface area contributed by atoms with Crippen molar-refractivity contribution in [1.82, 2.24) is 0 Å². The number of esters is 4.